The molecular formula is C24H22N6OS. The van der Waals surface area contributed by atoms with Crippen LogP contribution in [0.5, 0.6) is 0 Å². The number of nitrogens with one attached hydrogen (secondary N) is 1. The standard InChI is InChI=1S/C24H22N6OS/c25-15-20-21(29-30(23(20)26)19-10-5-2-6-11-19)12-7-13-27-22(31)14-18-16-32-24(28-18)17-8-3-1-4-9-17/h1-6,8-11,16H,7,12-14,26H2,(H,27,31). The summed E-state index contributed by atoms with van der Waals surface area (Å²) >= 11 is 1.53. The lowest BCUT2D eigenvalue weighted by Gasteiger charge is -2.03. The highest BCUT2D eigenvalue weighted by molar-refractivity contribution is 7.13. The molecule has 0 fully saturated rings. The molecule has 0 unspecified atom stereocenters. The van der Waals surface area contributed by atoms with Crippen molar-refractivity contribution >= 4 is 23.1 Å². The summed E-state index contributed by atoms with van der Waals surface area (Å²) < 4.78 is 1.58. The maximum atomic E-state index is 12.3. The molecule has 0 radical (unpaired) electrons. The predicted octanol–water partition coefficient (Wildman–Crippen LogP) is 3.74. The summed E-state index contributed by atoms with van der Waals surface area (Å²) in [5, 5.41) is 19.7. The molecule has 4 rings (SSSR count). The highest BCUT2D eigenvalue weighted by atomic mass is 32.1. The van der Waals surface area contributed by atoms with Gasteiger partial charge in [-0.3, -0.25) is 4.79 Å². The number of benzene rings is 2. The van der Waals surface area contributed by atoms with Crippen molar-refractivity contribution < 1.29 is 4.79 Å². The number of para-hydroxylation sites is 1. The van der Waals surface area contributed by atoms with Gasteiger partial charge in [-0.2, -0.15) is 10.4 Å². The first-order chi connectivity index (χ1) is 15.7. The zero-order valence-electron chi connectivity index (χ0n) is 17.4. The van der Waals surface area contributed by atoms with Crippen molar-refractivity contribution in [2.45, 2.75) is 19.3 Å². The smallest absolute Gasteiger partial charge is 0.226 e. The summed E-state index contributed by atoms with van der Waals surface area (Å²) in [7, 11) is 0. The van der Waals surface area contributed by atoms with Crippen LogP contribution >= 0.6 is 11.3 Å². The van der Waals surface area contributed by atoms with Crippen LogP contribution in [0.1, 0.15) is 23.4 Å². The first-order valence-electron chi connectivity index (χ1n) is 10.2. The van der Waals surface area contributed by atoms with Gasteiger partial charge in [-0.25, -0.2) is 9.67 Å². The van der Waals surface area contributed by atoms with Gasteiger partial charge in [-0.15, -0.1) is 11.3 Å². The van der Waals surface area contributed by atoms with E-state index in [9.17, 15) is 10.1 Å². The number of anilines is 1. The van der Waals surface area contributed by atoms with Crippen LogP contribution in [0, 0.1) is 11.3 Å². The van der Waals surface area contributed by atoms with E-state index in [0.29, 0.717) is 36.5 Å². The molecule has 0 aliphatic heterocycles. The molecule has 7 nitrogen and oxygen atoms in total. The molecule has 1 amide bonds. The molecule has 2 heterocycles. The van der Waals surface area contributed by atoms with E-state index in [4.69, 9.17) is 5.73 Å². The lowest BCUT2D eigenvalue weighted by atomic mass is 10.1. The van der Waals surface area contributed by atoms with Crippen LogP contribution in [0.3, 0.4) is 0 Å². The fourth-order valence-corrected chi connectivity index (χ4v) is 4.18. The zero-order chi connectivity index (χ0) is 22.3. The van der Waals surface area contributed by atoms with Gasteiger partial charge < -0.3 is 11.1 Å². The number of nitrogens with zero attached hydrogens (tertiary/aromatic N) is 4. The third-order valence-corrected chi connectivity index (χ3v) is 5.87. The second-order valence-corrected chi connectivity index (χ2v) is 8.06. The Morgan fingerprint density at radius 3 is 2.56 bits per heavy atom. The van der Waals surface area contributed by atoms with Crippen LogP contribution in [-0.2, 0) is 17.6 Å². The lowest BCUT2D eigenvalue weighted by molar-refractivity contribution is -0.120. The molecule has 3 N–H and O–H groups in total. The molecule has 8 heteroatoms. The molecule has 2 aromatic heterocycles. The molecule has 0 saturated heterocycles. The van der Waals surface area contributed by atoms with Crippen molar-refractivity contribution in [3.63, 3.8) is 0 Å². The first-order valence-corrected chi connectivity index (χ1v) is 11.1. The van der Waals surface area contributed by atoms with Crippen LogP contribution in [0.2, 0.25) is 0 Å². The van der Waals surface area contributed by atoms with Gasteiger partial charge in [0.15, 0.2) is 0 Å². The number of aryl methyl sites for hydroxylation is 1. The molecular weight excluding hydrogens is 420 g/mol. The number of aromatic nitrogens is 3. The topological polar surface area (TPSA) is 110 Å². The fraction of sp³-hybridized carbons (Fsp3) is 0.167. The maximum Gasteiger partial charge on any atom is 0.226 e. The van der Waals surface area contributed by atoms with Gasteiger partial charge in [-0.05, 0) is 25.0 Å². The summed E-state index contributed by atoms with van der Waals surface area (Å²) in [5.41, 5.74) is 9.76. The average Bonchev–Trinajstić information content (AvgIpc) is 3.42. The molecule has 0 saturated carbocycles. The number of nitriles is 1. The summed E-state index contributed by atoms with van der Waals surface area (Å²) in [6, 6.07) is 21.5. The van der Waals surface area contributed by atoms with E-state index in [1.165, 1.54) is 11.3 Å². The Balaban J connectivity index is 1.30. The summed E-state index contributed by atoms with van der Waals surface area (Å²) in [6.45, 7) is 0.484. The van der Waals surface area contributed by atoms with Gasteiger partial charge in [0.25, 0.3) is 0 Å². The number of carbonyl (C=O) groups is 1. The third kappa shape index (κ3) is 4.85. The Kier molecular flexibility index (Phi) is 6.58. The van der Waals surface area contributed by atoms with Crippen LogP contribution in [0.25, 0.3) is 16.3 Å². The molecule has 32 heavy (non-hydrogen) atoms. The van der Waals surface area contributed by atoms with Gasteiger partial charge in [0.05, 0.1) is 23.5 Å². The number of hydrogen-bond donors (Lipinski definition) is 2. The number of rotatable bonds is 8. The molecule has 0 atom stereocenters. The number of thiazole rings is 1. The molecule has 2 aromatic carbocycles. The number of hydrogen-bond acceptors (Lipinski definition) is 6. The summed E-state index contributed by atoms with van der Waals surface area (Å²) in [5.74, 6) is 0.250. The molecule has 160 valence electrons. The number of amides is 1. The molecule has 0 spiro atoms. The Morgan fingerprint density at radius 2 is 1.84 bits per heavy atom. The predicted molar refractivity (Wildman–Crippen MR) is 125 cm³/mol. The second-order valence-electron chi connectivity index (χ2n) is 7.21. The summed E-state index contributed by atoms with van der Waals surface area (Å²) in [6.07, 6.45) is 1.43. The Labute approximate surface area is 190 Å². The van der Waals surface area contributed by atoms with Crippen molar-refractivity contribution in [1.82, 2.24) is 20.1 Å². The van der Waals surface area contributed by atoms with E-state index in [1.807, 2.05) is 66.0 Å². The number of carbonyl (C=O) groups excluding carboxylic acids is 1. The minimum Gasteiger partial charge on any atom is -0.382 e. The first kappa shape index (κ1) is 21.3. The van der Waals surface area contributed by atoms with E-state index in [1.54, 1.807) is 4.68 Å². The fourth-order valence-electron chi connectivity index (χ4n) is 3.35. The van der Waals surface area contributed by atoms with E-state index in [2.05, 4.69) is 21.5 Å². The van der Waals surface area contributed by atoms with Crippen molar-refractivity contribution in [3.8, 4) is 22.3 Å². The van der Waals surface area contributed by atoms with Gasteiger partial charge in [-0.1, -0.05) is 48.5 Å². The largest absolute Gasteiger partial charge is 0.382 e. The van der Waals surface area contributed by atoms with Gasteiger partial charge in [0.2, 0.25) is 5.91 Å². The van der Waals surface area contributed by atoms with Gasteiger partial charge in [0.1, 0.15) is 22.5 Å². The van der Waals surface area contributed by atoms with Crippen molar-refractivity contribution in [2.24, 2.45) is 0 Å². The van der Waals surface area contributed by atoms with Crippen molar-refractivity contribution in [1.29, 1.82) is 5.26 Å². The van der Waals surface area contributed by atoms with E-state index < -0.39 is 0 Å². The van der Waals surface area contributed by atoms with E-state index in [0.717, 1.165) is 22.0 Å². The number of nitrogens with two attached hydrogens (primary N) is 1. The van der Waals surface area contributed by atoms with Gasteiger partial charge in [0, 0.05) is 17.5 Å². The highest BCUT2D eigenvalue weighted by Gasteiger charge is 2.16. The van der Waals surface area contributed by atoms with Crippen molar-refractivity contribution in [2.75, 3.05) is 12.3 Å². The monoisotopic (exact) mass is 442 g/mol. The second kappa shape index (κ2) is 9.90. The van der Waals surface area contributed by atoms with Gasteiger partial charge >= 0.3 is 0 Å². The quantitative estimate of drug-likeness (QED) is 0.404. The lowest BCUT2D eigenvalue weighted by Crippen LogP contribution is -2.26. The molecule has 0 aliphatic carbocycles. The van der Waals surface area contributed by atoms with Crippen LogP contribution in [0.4, 0.5) is 5.82 Å². The molecule has 0 aliphatic rings. The Bertz CT molecular complexity index is 1240. The van der Waals surface area contributed by atoms with Crippen molar-refractivity contribution in [3.05, 3.63) is 83.0 Å². The van der Waals surface area contributed by atoms with Crippen LogP contribution < -0.4 is 11.1 Å². The molecule has 4 aromatic rings. The zero-order valence-corrected chi connectivity index (χ0v) is 18.2. The van der Waals surface area contributed by atoms with Crippen LogP contribution in [-0.4, -0.2) is 27.2 Å². The Hall–Kier alpha value is -3.96. The van der Waals surface area contributed by atoms with Crippen LogP contribution in [0.15, 0.2) is 66.0 Å². The Morgan fingerprint density at radius 1 is 1.12 bits per heavy atom. The maximum absolute atomic E-state index is 12.3. The normalized spacial score (nSPS) is 10.6. The van der Waals surface area contributed by atoms with E-state index in [-0.39, 0.29) is 12.3 Å². The van der Waals surface area contributed by atoms with E-state index >= 15 is 0 Å². The average molecular weight is 443 g/mol. The SMILES string of the molecule is N#Cc1c(CCCNC(=O)Cc2csc(-c3ccccc3)n2)nn(-c2ccccc2)c1N. The summed E-state index contributed by atoms with van der Waals surface area (Å²) in [4.78, 5) is 16.9. The minimum atomic E-state index is -0.0789. The third-order valence-electron chi connectivity index (χ3n) is 4.93. The minimum absolute atomic E-state index is 0.0789. The molecule has 0 bridgehead atoms. The highest BCUT2D eigenvalue weighted by Crippen LogP contribution is 2.23. The number of nitrogen functional groups attached to an aromatic ring is 1.